The van der Waals surface area contributed by atoms with E-state index in [-0.39, 0.29) is 6.10 Å². The third kappa shape index (κ3) is 8.48. The van der Waals surface area contributed by atoms with Crippen molar-refractivity contribution in [2.24, 2.45) is 0 Å². The Labute approximate surface area is 88.5 Å². The summed E-state index contributed by atoms with van der Waals surface area (Å²) in [5.74, 6) is 0. The first-order valence-electron chi connectivity index (χ1n) is 5.66. The van der Waals surface area contributed by atoms with Crippen molar-refractivity contribution in [1.82, 2.24) is 10.2 Å². The number of aliphatic hydroxyl groups excluding tert-OH is 1. The van der Waals surface area contributed by atoms with E-state index >= 15 is 0 Å². The predicted molar refractivity (Wildman–Crippen MR) is 61.6 cm³/mol. The van der Waals surface area contributed by atoms with Crippen LogP contribution in [0.5, 0.6) is 0 Å². The van der Waals surface area contributed by atoms with Gasteiger partial charge in [0.25, 0.3) is 0 Å². The second-order valence-electron chi connectivity index (χ2n) is 4.20. The third-order valence-electron chi connectivity index (χ3n) is 2.42. The van der Waals surface area contributed by atoms with E-state index in [1.807, 2.05) is 6.92 Å². The number of hydrogen-bond acceptors (Lipinski definition) is 3. The molecule has 0 aliphatic carbocycles. The molecule has 0 saturated heterocycles. The smallest absolute Gasteiger partial charge is 0.0512 e. The number of aliphatic hydroxyl groups is 1. The Morgan fingerprint density at radius 1 is 1.36 bits per heavy atom. The first-order valence-corrected chi connectivity index (χ1v) is 5.66. The molecule has 0 aromatic heterocycles. The van der Waals surface area contributed by atoms with Gasteiger partial charge in [0, 0.05) is 12.6 Å². The van der Waals surface area contributed by atoms with E-state index < -0.39 is 0 Å². The van der Waals surface area contributed by atoms with Crippen LogP contribution in [0.25, 0.3) is 0 Å². The summed E-state index contributed by atoms with van der Waals surface area (Å²) in [7, 11) is 2.13. The lowest BCUT2D eigenvalue weighted by molar-refractivity contribution is 0.180. The van der Waals surface area contributed by atoms with Gasteiger partial charge in [-0.3, -0.25) is 0 Å². The van der Waals surface area contributed by atoms with Crippen molar-refractivity contribution < 1.29 is 5.11 Å². The summed E-state index contributed by atoms with van der Waals surface area (Å²) >= 11 is 0. The van der Waals surface area contributed by atoms with Crippen molar-refractivity contribution in [3.63, 3.8) is 0 Å². The average Bonchev–Trinajstić information content (AvgIpc) is 2.12. The molecule has 0 bridgehead atoms. The minimum Gasteiger partial charge on any atom is -0.393 e. The first-order chi connectivity index (χ1) is 6.56. The van der Waals surface area contributed by atoms with E-state index in [2.05, 4.69) is 31.1 Å². The highest BCUT2D eigenvalue weighted by Gasteiger charge is 2.03. The fourth-order valence-corrected chi connectivity index (χ4v) is 1.41. The van der Waals surface area contributed by atoms with Crippen molar-refractivity contribution in [1.29, 1.82) is 0 Å². The number of nitrogens with zero attached hydrogens (tertiary/aromatic N) is 1. The molecule has 0 amide bonds. The summed E-state index contributed by atoms with van der Waals surface area (Å²) in [4.78, 5) is 2.30. The molecular formula is C11H26N2O. The fourth-order valence-electron chi connectivity index (χ4n) is 1.41. The maximum absolute atomic E-state index is 9.07. The van der Waals surface area contributed by atoms with Crippen molar-refractivity contribution in [2.45, 2.75) is 45.8 Å². The number of hydrogen-bond donors (Lipinski definition) is 2. The maximum atomic E-state index is 9.07. The van der Waals surface area contributed by atoms with Gasteiger partial charge in [0.1, 0.15) is 0 Å². The van der Waals surface area contributed by atoms with Gasteiger partial charge in [-0.1, -0.05) is 6.92 Å². The largest absolute Gasteiger partial charge is 0.393 e. The van der Waals surface area contributed by atoms with Crippen LogP contribution >= 0.6 is 0 Å². The van der Waals surface area contributed by atoms with Crippen LogP contribution in [0.15, 0.2) is 0 Å². The van der Waals surface area contributed by atoms with Crippen LogP contribution in [0.1, 0.15) is 33.6 Å². The Bertz CT molecular complexity index is 128. The molecule has 0 heterocycles. The van der Waals surface area contributed by atoms with Gasteiger partial charge in [-0.15, -0.1) is 0 Å². The van der Waals surface area contributed by atoms with Crippen LogP contribution in [0.2, 0.25) is 0 Å². The molecule has 3 nitrogen and oxygen atoms in total. The van der Waals surface area contributed by atoms with Crippen LogP contribution in [0, 0.1) is 0 Å². The van der Waals surface area contributed by atoms with Crippen LogP contribution in [0.4, 0.5) is 0 Å². The van der Waals surface area contributed by atoms with Gasteiger partial charge in [0.15, 0.2) is 0 Å². The summed E-state index contributed by atoms with van der Waals surface area (Å²) in [6, 6.07) is 0.536. The standard InChI is InChI=1S/C11H26N2O/c1-5-13(4)9-10(2)12-8-6-7-11(3)14/h10-12,14H,5-9H2,1-4H3. The van der Waals surface area contributed by atoms with Crippen molar-refractivity contribution in [2.75, 3.05) is 26.7 Å². The average molecular weight is 202 g/mol. The molecule has 0 saturated carbocycles. The fraction of sp³-hybridized carbons (Fsp3) is 1.00. The van der Waals surface area contributed by atoms with E-state index in [4.69, 9.17) is 5.11 Å². The zero-order valence-electron chi connectivity index (χ0n) is 10.1. The molecule has 2 atom stereocenters. The van der Waals surface area contributed by atoms with Gasteiger partial charge in [0.2, 0.25) is 0 Å². The monoisotopic (exact) mass is 202 g/mol. The topological polar surface area (TPSA) is 35.5 Å². The molecule has 0 aliphatic rings. The molecule has 0 rings (SSSR count). The second kappa shape index (κ2) is 8.21. The van der Waals surface area contributed by atoms with Gasteiger partial charge in [-0.2, -0.15) is 0 Å². The zero-order valence-corrected chi connectivity index (χ0v) is 10.1. The molecule has 3 heteroatoms. The van der Waals surface area contributed by atoms with Crippen LogP contribution in [0.3, 0.4) is 0 Å². The van der Waals surface area contributed by atoms with Gasteiger partial charge in [-0.05, 0) is 46.8 Å². The van der Waals surface area contributed by atoms with Crippen molar-refractivity contribution in [3.05, 3.63) is 0 Å². The Kier molecular flexibility index (Phi) is 8.14. The van der Waals surface area contributed by atoms with E-state index in [0.29, 0.717) is 6.04 Å². The predicted octanol–water partition coefficient (Wildman–Crippen LogP) is 1.08. The molecule has 0 radical (unpaired) electrons. The summed E-state index contributed by atoms with van der Waals surface area (Å²) < 4.78 is 0. The van der Waals surface area contributed by atoms with E-state index in [1.165, 1.54) is 0 Å². The molecule has 0 aromatic rings. The van der Waals surface area contributed by atoms with Gasteiger partial charge in [-0.25, -0.2) is 0 Å². The minimum atomic E-state index is -0.162. The van der Waals surface area contributed by atoms with Crippen molar-refractivity contribution in [3.8, 4) is 0 Å². The normalized spacial score (nSPS) is 15.9. The van der Waals surface area contributed by atoms with E-state index in [1.54, 1.807) is 0 Å². The van der Waals surface area contributed by atoms with Crippen LogP contribution < -0.4 is 5.32 Å². The number of nitrogens with one attached hydrogen (secondary N) is 1. The molecule has 2 unspecified atom stereocenters. The molecule has 2 N–H and O–H groups in total. The minimum absolute atomic E-state index is 0.162. The van der Waals surface area contributed by atoms with E-state index in [0.717, 1.165) is 32.5 Å². The summed E-state index contributed by atoms with van der Waals surface area (Å²) in [5, 5.41) is 12.5. The second-order valence-corrected chi connectivity index (χ2v) is 4.20. The number of rotatable bonds is 8. The molecule has 0 aromatic carbocycles. The lowest BCUT2D eigenvalue weighted by Gasteiger charge is -2.20. The van der Waals surface area contributed by atoms with E-state index in [9.17, 15) is 0 Å². The highest BCUT2D eigenvalue weighted by atomic mass is 16.3. The molecule has 0 fully saturated rings. The maximum Gasteiger partial charge on any atom is 0.0512 e. The molecule has 14 heavy (non-hydrogen) atoms. The van der Waals surface area contributed by atoms with Crippen molar-refractivity contribution >= 4 is 0 Å². The highest BCUT2D eigenvalue weighted by Crippen LogP contribution is 1.95. The van der Waals surface area contributed by atoms with Gasteiger partial charge < -0.3 is 15.3 Å². The molecule has 0 aliphatic heterocycles. The lowest BCUT2D eigenvalue weighted by atomic mass is 10.2. The Balaban J connectivity index is 3.30. The summed E-state index contributed by atoms with van der Waals surface area (Å²) in [5.41, 5.74) is 0. The number of likely N-dealkylation sites (N-methyl/N-ethyl adjacent to an activating group) is 1. The lowest BCUT2D eigenvalue weighted by Crippen LogP contribution is -2.37. The summed E-state index contributed by atoms with van der Waals surface area (Å²) in [6.45, 7) is 9.40. The highest BCUT2D eigenvalue weighted by molar-refractivity contribution is 4.64. The molecular weight excluding hydrogens is 176 g/mol. The third-order valence-corrected chi connectivity index (χ3v) is 2.42. The Hall–Kier alpha value is -0.120. The van der Waals surface area contributed by atoms with Crippen LogP contribution in [-0.2, 0) is 0 Å². The Morgan fingerprint density at radius 2 is 2.00 bits per heavy atom. The van der Waals surface area contributed by atoms with Gasteiger partial charge >= 0.3 is 0 Å². The Morgan fingerprint density at radius 3 is 2.50 bits per heavy atom. The van der Waals surface area contributed by atoms with Crippen LogP contribution in [-0.4, -0.2) is 48.8 Å². The summed E-state index contributed by atoms with van der Waals surface area (Å²) in [6.07, 6.45) is 1.78. The molecule has 86 valence electrons. The molecule has 0 spiro atoms. The van der Waals surface area contributed by atoms with Gasteiger partial charge in [0.05, 0.1) is 6.10 Å². The quantitative estimate of drug-likeness (QED) is 0.578. The zero-order chi connectivity index (χ0) is 11.0. The SMILES string of the molecule is CCN(C)CC(C)NCCCC(C)O. The first kappa shape index (κ1) is 13.9.